The van der Waals surface area contributed by atoms with Crippen molar-refractivity contribution in [3.63, 3.8) is 0 Å². The highest BCUT2D eigenvalue weighted by Gasteiger charge is 2.61. The van der Waals surface area contributed by atoms with Crippen LogP contribution in [-0.4, -0.2) is 80.1 Å². The zero-order valence-corrected chi connectivity index (χ0v) is 24.0. The molecule has 7 heteroatoms. The van der Waals surface area contributed by atoms with E-state index >= 15 is 0 Å². The van der Waals surface area contributed by atoms with E-state index in [9.17, 15) is 9.90 Å². The molecule has 4 fully saturated rings. The Kier molecular flexibility index (Phi) is 8.01. The number of piperazine rings is 1. The predicted octanol–water partition coefficient (Wildman–Crippen LogP) is 4.23. The molecule has 0 bridgehead atoms. The van der Waals surface area contributed by atoms with E-state index in [1.807, 2.05) is 25.1 Å². The van der Waals surface area contributed by atoms with Gasteiger partial charge in [0.25, 0.3) is 0 Å². The van der Waals surface area contributed by atoms with Crippen molar-refractivity contribution in [3.05, 3.63) is 24.3 Å². The molecule has 4 atom stereocenters. The van der Waals surface area contributed by atoms with Gasteiger partial charge in [-0.05, 0) is 80.8 Å². The second-order valence-electron chi connectivity index (χ2n) is 13.3. The van der Waals surface area contributed by atoms with Gasteiger partial charge in [0.2, 0.25) is 5.91 Å². The summed E-state index contributed by atoms with van der Waals surface area (Å²) in [7, 11) is 1.71. The van der Waals surface area contributed by atoms with E-state index in [-0.39, 0.29) is 16.7 Å². The highest BCUT2D eigenvalue weighted by atomic mass is 16.5. The first-order valence-electron chi connectivity index (χ1n) is 14.9. The van der Waals surface area contributed by atoms with Gasteiger partial charge < -0.3 is 29.7 Å². The van der Waals surface area contributed by atoms with Gasteiger partial charge in [-0.3, -0.25) is 4.79 Å². The van der Waals surface area contributed by atoms with Crippen LogP contribution >= 0.6 is 0 Å². The van der Waals surface area contributed by atoms with Crippen LogP contribution in [0.2, 0.25) is 0 Å². The highest BCUT2D eigenvalue weighted by molar-refractivity contribution is 5.76. The molecule has 2 aliphatic heterocycles. The molecular weight excluding hydrogens is 478 g/mol. The summed E-state index contributed by atoms with van der Waals surface area (Å²) in [6, 6.07) is 9.01. The summed E-state index contributed by atoms with van der Waals surface area (Å²) in [6.45, 7) is 11.6. The summed E-state index contributed by atoms with van der Waals surface area (Å²) in [5.74, 6) is 1.58. The maximum Gasteiger partial charge on any atom is 0.222 e. The predicted molar refractivity (Wildman–Crippen MR) is 151 cm³/mol. The maximum atomic E-state index is 13.6. The maximum absolute atomic E-state index is 13.6. The van der Waals surface area contributed by atoms with Gasteiger partial charge >= 0.3 is 0 Å². The van der Waals surface area contributed by atoms with E-state index in [4.69, 9.17) is 9.47 Å². The Balaban J connectivity index is 1.26. The van der Waals surface area contributed by atoms with Crippen LogP contribution in [0.3, 0.4) is 0 Å². The fourth-order valence-electron chi connectivity index (χ4n) is 8.20. The number of nitrogens with zero attached hydrogens (tertiary/aromatic N) is 2. The van der Waals surface area contributed by atoms with Gasteiger partial charge in [0.1, 0.15) is 5.75 Å². The van der Waals surface area contributed by atoms with Crippen molar-refractivity contribution >= 4 is 11.6 Å². The SMILES string of the molecule is COc1ccccc1N1CCN(C(=O)CC[C@@]23CC[C@@](C)(O)C[C@H]2C(C)(C)C[C@@H]3NC2CCOCC2)CC1. The first kappa shape index (κ1) is 27.7. The van der Waals surface area contributed by atoms with Crippen LogP contribution in [0.15, 0.2) is 24.3 Å². The van der Waals surface area contributed by atoms with E-state index in [2.05, 4.69) is 35.0 Å². The zero-order valence-electron chi connectivity index (χ0n) is 24.0. The third kappa shape index (κ3) is 5.57. The van der Waals surface area contributed by atoms with Gasteiger partial charge in [-0.25, -0.2) is 0 Å². The average Bonchev–Trinajstić information content (AvgIpc) is 3.13. The van der Waals surface area contributed by atoms with Gasteiger partial charge in [0, 0.05) is 57.9 Å². The minimum atomic E-state index is -0.613. The second-order valence-corrected chi connectivity index (χ2v) is 13.3. The lowest BCUT2D eigenvalue weighted by atomic mass is 9.57. The largest absolute Gasteiger partial charge is 0.495 e. The summed E-state index contributed by atoms with van der Waals surface area (Å²) >= 11 is 0. The number of hydrogen-bond acceptors (Lipinski definition) is 6. The number of amides is 1. The molecule has 2 heterocycles. The highest BCUT2D eigenvalue weighted by Crippen LogP contribution is 2.64. The summed E-state index contributed by atoms with van der Waals surface area (Å²) in [5.41, 5.74) is 0.682. The monoisotopic (exact) mass is 527 g/mol. The number of nitrogens with one attached hydrogen (secondary N) is 1. The molecule has 5 rings (SSSR count). The molecule has 2 N–H and O–H groups in total. The molecule has 0 unspecified atom stereocenters. The number of ether oxygens (including phenoxy) is 2. The Morgan fingerprint density at radius 1 is 1.08 bits per heavy atom. The van der Waals surface area contributed by atoms with Gasteiger partial charge in [0.15, 0.2) is 0 Å². The van der Waals surface area contributed by atoms with Crippen LogP contribution in [0.4, 0.5) is 5.69 Å². The first-order valence-corrected chi connectivity index (χ1v) is 14.9. The molecule has 1 aromatic rings. The van der Waals surface area contributed by atoms with Gasteiger partial charge in [-0.1, -0.05) is 26.0 Å². The third-order valence-corrected chi connectivity index (χ3v) is 10.4. The van der Waals surface area contributed by atoms with Crippen molar-refractivity contribution in [2.45, 2.75) is 89.8 Å². The van der Waals surface area contributed by atoms with E-state index in [1.165, 1.54) is 0 Å². The number of carbonyl (C=O) groups excluding carboxylic acids is 1. The number of rotatable bonds is 7. The van der Waals surface area contributed by atoms with Crippen molar-refractivity contribution in [1.29, 1.82) is 0 Å². The molecule has 0 aromatic heterocycles. The third-order valence-electron chi connectivity index (χ3n) is 10.4. The van der Waals surface area contributed by atoms with Crippen LogP contribution in [0.25, 0.3) is 0 Å². The number of fused-ring (bicyclic) bond motifs is 1. The van der Waals surface area contributed by atoms with Crippen molar-refractivity contribution in [1.82, 2.24) is 10.2 Å². The average molecular weight is 528 g/mol. The quantitative estimate of drug-likeness (QED) is 0.553. The number of anilines is 1. The Hall–Kier alpha value is -1.83. The number of benzene rings is 1. The Bertz CT molecular complexity index is 968. The van der Waals surface area contributed by atoms with Crippen LogP contribution in [0, 0.1) is 16.7 Å². The van der Waals surface area contributed by atoms with Crippen molar-refractivity contribution in [2.24, 2.45) is 16.7 Å². The van der Waals surface area contributed by atoms with Crippen molar-refractivity contribution < 1.29 is 19.4 Å². The van der Waals surface area contributed by atoms with Crippen LogP contribution in [0.5, 0.6) is 5.75 Å². The molecule has 7 nitrogen and oxygen atoms in total. The van der Waals surface area contributed by atoms with Crippen LogP contribution < -0.4 is 15.0 Å². The van der Waals surface area contributed by atoms with Crippen LogP contribution in [-0.2, 0) is 9.53 Å². The van der Waals surface area contributed by atoms with Crippen molar-refractivity contribution in [3.8, 4) is 5.75 Å². The molecule has 0 spiro atoms. The summed E-state index contributed by atoms with van der Waals surface area (Å²) < 4.78 is 11.2. The topological polar surface area (TPSA) is 74.3 Å². The van der Waals surface area contributed by atoms with Crippen LogP contribution in [0.1, 0.15) is 72.1 Å². The second kappa shape index (κ2) is 11.0. The molecule has 1 aromatic carbocycles. The van der Waals surface area contributed by atoms with Gasteiger partial charge in [-0.2, -0.15) is 0 Å². The number of hydrogen-bond donors (Lipinski definition) is 2. The Morgan fingerprint density at radius 3 is 2.50 bits per heavy atom. The molecule has 2 aliphatic carbocycles. The molecule has 2 saturated heterocycles. The van der Waals surface area contributed by atoms with Gasteiger partial charge in [-0.15, -0.1) is 0 Å². The minimum absolute atomic E-state index is 0.0545. The molecule has 212 valence electrons. The number of methoxy groups -OCH3 is 1. The first-order chi connectivity index (χ1) is 18.1. The summed E-state index contributed by atoms with van der Waals surface area (Å²) in [6.07, 6.45) is 7.37. The summed E-state index contributed by atoms with van der Waals surface area (Å²) in [5, 5.41) is 15.2. The molecular formula is C31H49N3O4. The normalized spacial score (nSPS) is 33.7. The lowest BCUT2D eigenvalue weighted by Crippen LogP contribution is -2.54. The molecule has 2 saturated carbocycles. The molecule has 4 aliphatic rings. The van der Waals surface area contributed by atoms with E-state index < -0.39 is 5.60 Å². The molecule has 38 heavy (non-hydrogen) atoms. The fraction of sp³-hybridized carbons (Fsp3) is 0.774. The van der Waals surface area contributed by atoms with E-state index in [1.54, 1.807) is 7.11 Å². The molecule has 1 amide bonds. The Morgan fingerprint density at radius 2 is 1.79 bits per heavy atom. The number of aliphatic hydroxyl groups is 1. The zero-order chi connectivity index (χ0) is 27.0. The lowest BCUT2D eigenvalue weighted by molar-refractivity contribution is -0.133. The Labute approximate surface area is 229 Å². The van der Waals surface area contributed by atoms with E-state index in [0.29, 0.717) is 24.4 Å². The number of para-hydroxylation sites is 2. The number of carbonyl (C=O) groups is 1. The van der Waals surface area contributed by atoms with Crippen molar-refractivity contribution in [2.75, 3.05) is 51.4 Å². The summed E-state index contributed by atoms with van der Waals surface area (Å²) in [4.78, 5) is 18.0. The van der Waals surface area contributed by atoms with E-state index in [0.717, 1.165) is 95.8 Å². The lowest BCUT2D eigenvalue weighted by Gasteiger charge is -2.51. The minimum Gasteiger partial charge on any atom is -0.495 e. The smallest absolute Gasteiger partial charge is 0.222 e. The fourth-order valence-corrected chi connectivity index (χ4v) is 8.20. The van der Waals surface area contributed by atoms with Gasteiger partial charge in [0.05, 0.1) is 18.4 Å². The standard InChI is InChI=1S/C31H49N3O4/c1-29(2)22-27(32-23-10-19-38-20-11-23)31(14-13-30(3,36)21-26(29)31)12-9-28(35)34-17-15-33(16-18-34)24-7-5-6-8-25(24)37-4/h5-8,23,26-27,32,36H,9-22H2,1-4H3/t26-,27-,30+,31+/m0/s1. The molecule has 0 radical (unpaired) electrons.